The zero-order chi connectivity index (χ0) is 20.5. The Morgan fingerprint density at radius 1 is 0.793 bits per heavy atom. The molecular weight excluding hydrogens is 360 g/mol. The fraction of sp³-hybridized carbons (Fsp3) is 0.200. The lowest BCUT2D eigenvalue weighted by Gasteiger charge is -2.41. The number of carbonyl (C=O) groups is 2. The normalized spacial score (nSPS) is 17.0. The van der Waals surface area contributed by atoms with Gasteiger partial charge in [0.1, 0.15) is 12.6 Å². The number of hydrogen-bond acceptors (Lipinski definition) is 2. The van der Waals surface area contributed by atoms with Crippen molar-refractivity contribution in [1.82, 2.24) is 0 Å². The number of piperazine rings is 1. The van der Waals surface area contributed by atoms with E-state index >= 15 is 0 Å². The molecule has 1 aliphatic heterocycles. The molecule has 0 radical (unpaired) electrons. The maximum Gasteiger partial charge on any atom is 0.255 e. The molecule has 146 valence electrons. The highest BCUT2D eigenvalue weighted by Gasteiger charge is 2.42. The van der Waals surface area contributed by atoms with Crippen molar-refractivity contribution in [2.75, 3.05) is 16.3 Å². The summed E-state index contributed by atoms with van der Waals surface area (Å²) in [7, 11) is 0. The summed E-state index contributed by atoms with van der Waals surface area (Å²) in [4.78, 5) is 30.3. The first-order valence-electron chi connectivity index (χ1n) is 9.78. The van der Waals surface area contributed by atoms with E-state index in [0.29, 0.717) is 0 Å². The Morgan fingerprint density at radius 3 is 2.17 bits per heavy atom. The number of aryl methyl sites for hydroxylation is 2. The van der Waals surface area contributed by atoms with Crippen LogP contribution in [0.1, 0.15) is 28.3 Å². The minimum Gasteiger partial charge on any atom is -0.301 e. The molecule has 0 unspecified atom stereocenters. The van der Waals surface area contributed by atoms with E-state index in [1.165, 1.54) is 0 Å². The van der Waals surface area contributed by atoms with Crippen LogP contribution in [-0.4, -0.2) is 18.4 Å². The summed E-state index contributed by atoms with van der Waals surface area (Å²) in [5.41, 5.74) is 5.57. The number of hydrogen-bond donors (Lipinski definition) is 0. The molecule has 0 bridgehead atoms. The van der Waals surface area contributed by atoms with Gasteiger partial charge in [-0.1, -0.05) is 60.2 Å². The third-order valence-electron chi connectivity index (χ3n) is 5.61. The quantitative estimate of drug-likeness (QED) is 0.655. The van der Waals surface area contributed by atoms with Crippen LogP contribution in [0.15, 0.2) is 72.8 Å². The van der Waals surface area contributed by atoms with Gasteiger partial charge in [-0.25, -0.2) is 0 Å². The topological polar surface area (TPSA) is 40.6 Å². The average Bonchev–Trinajstić information content (AvgIpc) is 2.73. The van der Waals surface area contributed by atoms with E-state index in [1.54, 1.807) is 9.80 Å². The van der Waals surface area contributed by atoms with Crippen molar-refractivity contribution in [3.05, 3.63) is 95.1 Å². The van der Waals surface area contributed by atoms with Crippen LogP contribution < -0.4 is 9.80 Å². The third kappa shape index (κ3) is 3.42. The van der Waals surface area contributed by atoms with Gasteiger partial charge in [0.15, 0.2) is 0 Å². The summed E-state index contributed by atoms with van der Waals surface area (Å²) in [6.07, 6.45) is 0. The zero-order valence-electron chi connectivity index (χ0n) is 16.9. The predicted octanol–water partition coefficient (Wildman–Crippen LogP) is 4.73. The Kier molecular flexibility index (Phi) is 4.93. The predicted molar refractivity (Wildman–Crippen MR) is 116 cm³/mol. The van der Waals surface area contributed by atoms with E-state index < -0.39 is 6.04 Å². The van der Waals surface area contributed by atoms with Crippen molar-refractivity contribution < 1.29 is 9.59 Å². The Hall–Kier alpha value is -3.40. The molecule has 4 rings (SSSR count). The monoisotopic (exact) mass is 384 g/mol. The van der Waals surface area contributed by atoms with Crippen molar-refractivity contribution in [3.63, 3.8) is 0 Å². The summed E-state index contributed by atoms with van der Waals surface area (Å²) in [6, 6.07) is 22.4. The number of nitrogens with zero attached hydrogens (tertiary/aromatic N) is 2. The van der Waals surface area contributed by atoms with Crippen LogP contribution in [0.2, 0.25) is 0 Å². The Balaban J connectivity index is 1.83. The van der Waals surface area contributed by atoms with Gasteiger partial charge in [0, 0.05) is 11.4 Å². The maximum atomic E-state index is 13.7. The second kappa shape index (κ2) is 7.55. The Labute approximate surface area is 171 Å². The highest BCUT2D eigenvalue weighted by molar-refractivity contribution is 6.14. The molecule has 1 aliphatic rings. The molecule has 29 heavy (non-hydrogen) atoms. The van der Waals surface area contributed by atoms with Crippen LogP contribution in [0.5, 0.6) is 0 Å². The van der Waals surface area contributed by atoms with E-state index in [1.807, 2.05) is 93.6 Å². The first-order valence-corrected chi connectivity index (χ1v) is 9.78. The number of carbonyl (C=O) groups excluding carboxylic acids is 2. The van der Waals surface area contributed by atoms with Gasteiger partial charge in [-0.3, -0.25) is 14.5 Å². The molecule has 0 saturated carbocycles. The van der Waals surface area contributed by atoms with Crippen LogP contribution >= 0.6 is 0 Å². The molecule has 4 heteroatoms. The molecule has 3 aromatic carbocycles. The first-order chi connectivity index (χ1) is 14.0. The van der Waals surface area contributed by atoms with Gasteiger partial charge >= 0.3 is 0 Å². The molecule has 2 amide bonds. The standard InChI is InChI=1S/C25H24N2O2/c1-17-12-14-21(15-13-17)27-23(28)16-26(22-11-7-8-18(2)19(22)3)25(29)24(27)20-9-5-4-6-10-20/h4-15,24H,16H2,1-3H3/t24-/m1/s1. The van der Waals surface area contributed by atoms with Gasteiger partial charge in [0.05, 0.1) is 0 Å². The minimum absolute atomic E-state index is 0.0281. The smallest absolute Gasteiger partial charge is 0.255 e. The number of anilines is 2. The second-order valence-electron chi connectivity index (χ2n) is 7.56. The van der Waals surface area contributed by atoms with Crippen LogP contribution in [0, 0.1) is 20.8 Å². The third-order valence-corrected chi connectivity index (χ3v) is 5.61. The molecule has 4 nitrogen and oxygen atoms in total. The van der Waals surface area contributed by atoms with Gasteiger partial charge in [0.2, 0.25) is 5.91 Å². The fourth-order valence-corrected chi connectivity index (χ4v) is 3.85. The second-order valence-corrected chi connectivity index (χ2v) is 7.56. The highest BCUT2D eigenvalue weighted by atomic mass is 16.2. The fourth-order valence-electron chi connectivity index (χ4n) is 3.85. The molecule has 3 aromatic rings. The summed E-state index contributed by atoms with van der Waals surface area (Å²) in [5, 5.41) is 0. The Bertz CT molecular complexity index is 1060. The summed E-state index contributed by atoms with van der Waals surface area (Å²) in [6.45, 7) is 6.04. The van der Waals surface area contributed by atoms with Gasteiger partial charge in [-0.05, 0) is 55.7 Å². The van der Waals surface area contributed by atoms with Crippen molar-refractivity contribution in [2.24, 2.45) is 0 Å². The molecule has 1 fully saturated rings. The SMILES string of the molecule is Cc1ccc(N2C(=O)CN(c3cccc(C)c3C)C(=O)[C@H]2c2ccccc2)cc1. The van der Waals surface area contributed by atoms with E-state index in [0.717, 1.165) is 33.6 Å². The van der Waals surface area contributed by atoms with Crippen molar-refractivity contribution in [2.45, 2.75) is 26.8 Å². The van der Waals surface area contributed by atoms with Crippen molar-refractivity contribution in [1.29, 1.82) is 0 Å². The van der Waals surface area contributed by atoms with Crippen LogP contribution in [-0.2, 0) is 9.59 Å². The minimum atomic E-state index is -0.694. The van der Waals surface area contributed by atoms with E-state index in [2.05, 4.69) is 0 Å². The molecule has 0 N–H and O–H groups in total. The van der Waals surface area contributed by atoms with Gasteiger partial charge in [-0.2, -0.15) is 0 Å². The van der Waals surface area contributed by atoms with E-state index in [9.17, 15) is 9.59 Å². The van der Waals surface area contributed by atoms with E-state index in [4.69, 9.17) is 0 Å². The van der Waals surface area contributed by atoms with Crippen LogP contribution in [0.3, 0.4) is 0 Å². The Morgan fingerprint density at radius 2 is 1.48 bits per heavy atom. The average molecular weight is 384 g/mol. The molecular formula is C25H24N2O2. The van der Waals surface area contributed by atoms with Crippen LogP contribution in [0.4, 0.5) is 11.4 Å². The summed E-state index contributed by atoms with van der Waals surface area (Å²) >= 11 is 0. The number of benzene rings is 3. The van der Waals surface area contributed by atoms with Gasteiger partial charge < -0.3 is 4.90 Å². The molecule has 0 spiro atoms. The molecule has 1 atom stereocenters. The zero-order valence-corrected chi connectivity index (χ0v) is 16.9. The first kappa shape index (κ1) is 18.9. The largest absolute Gasteiger partial charge is 0.301 e. The molecule has 0 aromatic heterocycles. The lowest BCUT2D eigenvalue weighted by Crippen LogP contribution is -2.56. The van der Waals surface area contributed by atoms with Gasteiger partial charge in [-0.15, -0.1) is 0 Å². The lowest BCUT2D eigenvalue weighted by atomic mass is 9.98. The highest BCUT2D eigenvalue weighted by Crippen LogP contribution is 2.35. The number of rotatable bonds is 3. The van der Waals surface area contributed by atoms with Gasteiger partial charge in [0.25, 0.3) is 5.91 Å². The summed E-state index contributed by atoms with van der Waals surface area (Å²) < 4.78 is 0. The maximum absolute atomic E-state index is 13.7. The molecule has 1 heterocycles. The number of amides is 2. The van der Waals surface area contributed by atoms with Crippen molar-refractivity contribution in [3.8, 4) is 0 Å². The van der Waals surface area contributed by atoms with Crippen molar-refractivity contribution >= 4 is 23.2 Å². The summed E-state index contributed by atoms with van der Waals surface area (Å²) in [5.74, 6) is -0.187. The molecule has 1 saturated heterocycles. The van der Waals surface area contributed by atoms with E-state index in [-0.39, 0.29) is 18.4 Å². The molecule has 0 aliphatic carbocycles. The lowest BCUT2D eigenvalue weighted by molar-refractivity contribution is -0.128. The van der Waals surface area contributed by atoms with Crippen LogP contribution in [0.25, 0.3) is 0 Å².